The molecule has 1 N–H and O–H groups in total. The van der Waals surface area contributed by atoms with Crippen LogP contribution in [0, 0.1) is 5.41 Å². The number of carboxylic acids is 1. The summed E-state index contributed by atoms with van der Waals surface area (Å²) in [7, 11) is 0. The number of carbonyl (C=O) groups is 3. The molecule has 1 aromatic rings. The number of carbonyl (C=O) groups excluding carboxylic acids is 2. The number of ether oxygens (including phenoxy) is 2. The molecule has 130 valence electrons. The van der Waals surface area contributed by atoms with Gasteiger partial charge in [-0.15, -0.1) is 0 Å². The van der Waals surface area contributed by atoms with Gasteiger partial charge in [0.2, 0.25) is 0 Å². The summed E-state index contributed by atoms with van der Waals surface area (Å²) in [5.41, 5.74) is -1.56. The zero-order valence-electron chi connectivity index (χ0n) is 14.1. The lowest BCUT2D eigenvalue weighted by atomic mass is 9.82. The first-order valence-corrected chi connectivity index (χ1v) is 7.78. The van der Waals surface area contributed by atoms with E-state index in [0.717, 1.165) is 6.08 Å². The molecule has 1 rings (SSSR count). The minimum absolute atomic E-state index is 0.0221. The molecule has 0 fully saturated rings. The fourth-order valence-corrected chi connectivity index (χ4v) is 2.24. The lowest BCUT2D eigenvalue weighted by Crippen LogP contribution is -2.40. The first kappa shape index (κ1) is 19.4. The van der Waals surface area contributed by atoms with Gasteiger partial charge < -0.3 is 14.6 Å². The summed E-state index contributed by atoms with van der Waals surface area (Å²) in [6.45, 7) is 4.98. The van der Waals surface area contributed by atoms with Crippen molar-refractivity contribution in [3.05, 3.63) is 42.0 Å². The van der Waals surface area contributed by atoms with Crippen molar-refractivity contribution in [1.29, 1.82) is 0 Å². The molecule has 0 amide bonds. The van der Waals surface area contributed by atoms with E-state index in [1.165, 1.54) is 0 Å². The smallest absolute Gasteiger partial charge is 0.336 e. The normalized spacial score (nSPS) is 11.7. The molecule has 0 saturated carbocycles. The molecule has 24 heavy (non-hydrogen) atoms. The lowest BCUT2D eigenvalue weighted by molar-refractivity contribution is -0.168. The van der Waals surface area contributed by atoms with Crippen LogP contribution >= 0.6 is 0 Å². The second kappa shape index (κ2) is 8.86. The minimum atomic E-state index is -1.80. The van der Waals surface area contributed by atoms with Crippen molar-refractivity contribution in [3.63, 3.8) is 0 Å². The van der Waals surface area contributed by atoms with Crippen LogP contribution in [0.4, 0.5) is 0 Å². The number of hydrogen-bond acceptors (Lipinski definition) is 5. The molecule has 0 bridgehead atoms. The Morgan fingerprint density at radius 1 is 1.00 bits per heavy atom. The summed E-state index contributed by atoms with van der Waals surface area (Å²) in [4.78, 5) is 36.6. The molecule has 0 spiro atoms. The maximum absolute atomic E-state index is 12.4. The summed E-state index contributed by atoms with van der Waals surface area (Å²) in [5.74, 6) is -2.88. The summed E-state index contributed by atoms with van der Waals surface area (Å²) >= 11 is 0. The number of esters is 2. The number of aliphatic carboxylic acids is 1. The maximum atomic E-state index is 12.4. The Morgan fingerprint density at radius 2 is 1.50 bits per heavy atom. The van der Waals surface area contributed by atoms with Crippen molar-refractivity contribution in [2.45, 2.75) is 27.2 Å². The van der Waals surface area contributed by atoms with Crippen molar-refractivity contribution in [3.8, 4) is 0 Å². The molecule has 0 radical (unpaired) electrons. The standard InChI is InChI=1S/C18H22O6/c1-4-18(16(21)23-5-2,17(22)24-6-3)12-14(15(19)20)13-10-8-7-9-11-13/h7-12H,4-6H2,1-3H3,(H,19,20)/b14-12-. The zero-order valence-corrected chi connectivity index (χ0v) is 14.1. The van der Waals surface area contributed by atoms with E-state index >= 15 is 0 Å². The predicted molar refractivity (Wildman–Crippen MR) is 88.0 cm³/mol. The SMILES string of the molecule is CCOC(=O)C(/C=C(\C(=O)O)c1ccccc1)(CC)C(=O)OCC. The second-order valence-electron chi connectivity index (χ2n) is 5.00. The van der Waals surface area contributed by atoms with Crippen LogP contribution in [-0.2, 0) is 23.9 Å². The van der Waals surface area contributed by atoms with Crippen LogP contribution in [0.1, 0.15) is 32.8 Å². The van der Waals surface area contributed by atoms with Gasteiger partial charge in [-0.1, -0.05) is 37.3 Å². The van der Waals surface area contributed by atoms with Crippen LogP contribution in [0.5, 0.6) is 0 Å². The van der Waals surface area contributed by atoms with Gasteiger partial charge in [-0.3, -0.25) is 9.59 Å². The Kier molecular flexibility index (Phi) is 7.17. The fraction of sp³-hybridized carbons (Fsp3) is 0.389. The Morgan fingerprint density at radius 3 is 1.88 bits per heavy atom. The number of hydrogen-bond donors (Lipinski definition) is 1. The largest absolute Gasteiger partial charge is 0.478 e. The molecule has 0 heterocycles. The summed E-state index contributed by atoms with van der Waals surface area (Å²) < 4.78 is 10.0. The quantitative estimate of drug-likeness (QED) is 0.446. The molecule has 0 aliphatic carbocycles. The van der Waals surface area contributed by atoms with Crippen LogP contribution in [0.3, 0.4) is 0 Å². The van der Waals surface area contributed by atoms with E-state index < -0.39 is 23.3 Å². The van der Waals surface area contributed by atoms with Crippen molar-refractivity contribution in [2.24, 2.45) is 5.41 Å². The average molecular weight is 334 g/mol. The van der Waals surface area contributed by atoms with Crippen LogP contribution in [0.2, 0.25) is 0 Å². The topological polar surface area (TPSA) is 89.9 Å². The van der Waals surface area contributed by atoms with E-state index in [2.05, 4.69) is 0 Å². The van der Waals surface area contributed by atoms with Crippen LogP contribution in [-0.4, -0.2) is 36.2 Å². The van der Waals surface area contributed by atoms with Crippen molar-refractivity contribution < 1.29 is 29.0 Å². The monoisotopic (exact) mass is 334 g/mol. The predicted octanol–water partition coefficient (Wildman–Crippen LogP) is 2.68. The van der Waals surface area contributed by atoms with E-state index in [0.29, 0.717) is 5.56 Å². The Bertz CT molecular complexity index is 600. The molecular weight excluding hydrogens is 312 g/mol. The van der Waals surface area contributed by atoms with Gasteiger partial charge in [0.15, 0.2) is 5.41 Å². The zero-order chi connectivity index (χ0) is 18.2. The van der Waals surface area contributed by atoms with Gasteiger partial charge in [0.25, 0.3) is 0 Å². The number of benzene rings is 1. The van der Waals surface area contributed by atoms with Gasteiger partial charge in [0, 0.05) is 0 Å². The molecular formula is C18H22O6. The summed E-state index contributed by atoms with van der Waals surface area (Å²) in [6.07, 6.45) is 1.16. The first-order valence-electron chi connectivity index (χ1n) is 7.78. The third-order valence-corrected chi connectivity index (χ3v) is 3.54. The summed E-state index contributed by atoms with van der Waals surface area (Å²) in [6, 6.07) is 8.28. The Hall–Kier alpha value is -2.63. The van der Waals surface area contributed by atoms with Crippen LogP contribution in [0.25, 0.3) is 5.57 Å². The highest BCUT2D eigenvalue weighted by Gasteiger charge is 2.46. The van der Waals surface area contributed by atoms with Gasteiger partial charge in [-0.25, -0.2) is 4.79 Å². The molecule has 0 saturated heterocycles. The third-order valence-electron chi connectivity index (χ3n) is 3.54. The first-order chi connectivity index (χ1) is 11.4. The van der Waals surface area contributed by atoms with E-state index in [4.69, 9.17) is 9.47 Å². The molecule has 6 nitrogen and oxygen atoms in total. The van der Waals surface area contributed by atoms with Gasteiger partial charge in [0.1, 0.15) is 0 Å². The number of carboxylic acid groups (broad SMARTS) is 1. The van der Waals surface area contributed by atoms with Gasteiger partial charge in [-0.2, -0.15) is 0 Å². The fourth-order valence-electron chi connectivity index (χ4n) is 2.24. The highest BCUT2D eigenvalue weighted by Crippen LogP contribution is 2.32. The van der Waals surface area contributed by atoms with E-state index in [9.17, 15) is 19.5 Å². The molecule has 6 heteroatoms. The molecule has 0 aromatic heterocycles. The van der Waals surface area contributed by atoms with Gasteiger partial charge >= 0.3 is 17.9 Å². The van der Waals surface area contributed by atoms with Crippen molar-refractivity contribution in [2.75, 3.05) is 13.2 Å². The maximum Gasteiger partial charge on any atom is 0.336 e. The Labute approximate surface area is 141 Å². The van der Waals surface area contributed by atoms with Crippen molar-refractivity contribution >= 4 is 23.5 Å². The summed E-state index contributed by atoms with van der Waals surface area (Å²) in [5, 5.41) is 9.54. The van der Waals surface area contributed by atoms with Gasteiger partial charge in [-0.05, 0) is 31.9 Å². The van der Waals surface area contributed by atoms with E-state index in [1.807, 2.05) is 0 Å². The highest BCUT2D eigenvalue weighted by molar-refractivity contribution is 6.18. The third kappa shape index (κ3) is 4.22. The molecule has 1 aromatic carbocycles. The van der Waals surface area contributed by atoms with E-state index in [-0.39, 0.29) is 25.2 Å². The lowest BCUT2D eigenvalue weighted by Gasteiger charge is -2.25. The minimum Gasteiger partial charge on any atom is -0.478 e. The van der Waals surface area contributed by atoms with Gasteiger partial charge in [0.05, 0.1) is 18.8 Å². The Balaban J connectivity index is 3.53. The number of rotatable bonds is 8. The van der Waals surface area contributed by atoms with E-state index in [1.54, 1.807) is 51.1 Å². The van der Waals surface area contributed by atoms with Crippen molar-refractivity contribution in [1.82, 2.24) is 0 Å². The molecule has 0 aliphatic heterocycles. The molecule has 0 atom stereocenters. The highest BCUT2D eigenvalue weighted by atomic mass is 16.6. The average Bonchev–Trinajstić information content (AvgIpc) is 2.57. The van der Waals surface area contributed by atoms with Crippen LogP contribution in [0.15, 0.2) is 36.4 Å². The second-order valence-corrected chi connectivity index (χ2v) is 5.00. The molecule has 0 aliphatic rings. The molecule has 0 unspecified atom stereocenters. The van der Waals surface area contributed by atoms with Crippen LogP contribution < -0.4 is 0 Å².